The molecule has 0 bridgehead atoms. The van der Waals surface area contributed by atoms with Crippen molar-refractivity contribution in [3.05, 3.63) is 76.3 Å². The molecule has 2 N–H and O–H groups in total. The van der Waals surface area contributed by atoms with E-state index in [-0.39, 0.29) is 18.2 Å². The number of halogens is 2. The first kappa shape index (κ1) is 23.8. The van der Waals surface area contributed by atoms with E-state index in [2.05, 4.69) is 46.8 Å². The van der Waals surface area contributed by atoms with Gasteiger partial charge in [-0.15, -0.1) is 0 Å². The number of rotatable bonds is 5. The molecule has 182 valence electrons. The third-order valence-corrected chi connectivity index (χ3v) is 7.29. The summed E-state index contributed by atoms with van der Waals surface area (Å²) in [4.78, 5) is 15.0. The number of nitrogens with zero attached hydrogens (tertiary/aromatic N) is 1. The largest absolute Gasteiger partial charge is 0.454 e. The standard InChI is InChI=1S/C27H27Cl2N3O3/c1-32-10-8-27(9-11-32,16-30-26(33)31-23-14-21(28)13-22(29)15-23)20-5-2-18(3-6-20)19-4-7-24-25(12-19)35-17-34-24/h2-7,12-15H,8-11,16-17H2,1H3,(H2,30,31,33). The van der Waals surface area contributed by atoms with Gasteiger partial charge in [0, 0.05) is 27.7 Å². The number of likely N-dealkylation sites (tertiary alicyclic amines) is 1. The summed E-state index contributed by atoms with van der Waals surface area (Å²) in [6, 6.07) is 19.3. The Bertz CT molecular complexity index is 1200. The van der Waals surface area contributed by atoms with Crippen molar-refractivity contribution in [1.82, 2.24) is 10.2 Å². The van der Waals surface area contributed by atoms with E-state index in [0.29, 0.717) is 22.3 Å². The van der Waals surface area contributed by atoms with Crippen molar-refractivity contribution in [3.63, 3.8) is 0 Å². The Morgan fingerprint density at radius 3 is 2.29 bits per heavy atom. The molecular formula is C27H27Cl2N3O3. The zero-order valence-corrected chi connectivity index (χ0v) is 21.0. The smallest absolute Gasteiger partial charge is 0.319 e. The van der Waals surface area contributed by atoms with Crippen molar-refractivity contribution in [2.45, 2.75) is 18.3 Å². The number of nitrogens with one attached hydrogen (secondary N) is 2. The number of hydrogen-bond acceptors (Lipinski definition) is 4. The first-order valence-corrected chi connectivity index (χ1v) is 12.4. The Hall–Kier alpha value is -2.93. The molecule has 0 radical (unpaired) electrons. The molecule has 0 atom stereocenters. The maximum atomic E-state index is 12.7. The lowest BCUT2D eigenvalue weighted by Gasteiger charge is -2.41. The summed E-state index contributed by atoms with van der Waals surface area (Å²) in [5, 5.41) is 6.87. The van der Waals surface area contributed by atoms with E-state index in [9.17, 15) is 4.79 Å². The normalized spacial score (nSPS) is 16.7. The van der Waals surface area contributed by atoms with Crippen molar-refractivity contribution in [1.29, 1.82) is 0 Å². The Kier molecular flexibility index (Phi) is 6.78. The molecule has 2 amide bonds. The van der Waals surface area contributed by atoms with Gasteiger partial charge in [-0.05, 0) is 80.0 Å². The highest BCUT2D eigenvalue weighted by Gasteiger charge is 2.36. The SMILES string of the molecule is CN1CCC(CNC(=O)Nc2cc(Cl)cc(Cl)c2)(c2ccc(-c3ccc4c(c3)OCO4)cc2)CC1. The number of amides is 2. The molecule has 5 rings (SSSR count). The highest BCUT2D eigenvalue weighted by atomic mass is 35.5. The highest BCUT2D eigenvalue weighted by Crippen LogP contribution is 2.38. The molecule has 3 aromatic carbocycles. The van der Waals surface area contributed by atoms with Crippen LogP contribution in [0.5, 0.6) is 11.5 Å². The van der Waals surface area contributed by atoms with Crippen LogP contribution in [0.25, 0.3) is 11.1 Å². The summed E-state index contributed by atoms with van der Waals surface area (Å²) >= 11 is 12.1. The van der Waals surface area contributed by atoms with E-state index in [1.807, 2.05) is 18.2 Å². The van der Waals surface area contributed by atoms with Gasteiger partial charge in [0.1, 0.15) is 0 Å². The number of fused-ring (bicyclic) bond motifs is 1. The molecule has 0 saturated carbocycles. The minimum Gasteiger partial charge on any atom is -0.454 e. The van der Waals surface area contributed by atoms with E-state index in [1.54, 1.807) is 18.2 Å². The molecule has 35 heavy (non-hydrogen) atoms. The first-order valence-electron chi connectivity index (χ1n) is 11.6. The molecule has 3 aromatic rings. The minimum atomic E-state index is -0.279. The summed E-state index contributed by atoms with van der Waals surface area (Å²) in [5.74, 6) is 1.55. The average Bonchev–Trinajstić information content (AvgIpc) is 3.31. The van der Waals surface area contributed by atoms with E-state index in [4.69, 9.17) is 32.7 Å². The van der Waals surface area contributed by atoms with Crippen LogP contribution in [0.15, 0.2) is 60.7 Å². The van der Waals surface area contributed by atoms with Crippen LogP contribution >= 0.6 is 23.2 Å². The molecule has 2 aliphatic rings. The summed E-state index contributed by atoms with van der Waals surface area (Å²) < 4.78 is 11.0. The van der Waals surface area contributed by atoms with Gasteiger partial charge in [0.2, 0.25) is 6.79 Å². The number of benzene rings is 3. The molecule has 0 unspecified atom stereocenters. The third-order valence-electron chi connectivity index (χ3n) is 6.86. The van der Waals surface area contributed by atoms with Crippen LogP contribution in [0, 0.1) is 0 Å². The first-order chi connectivity index (χ1) is 16.9. The van der Waals surface area contributed by atoms with Gasteiger partial charge in [0.25, 0.3) is 0 Å². The van der Waals surface area contributed by atoms with E-state index in [0.717, 1.165) is 48.6 Å². The topological polar surface area (TPSA) is 62.8 Å². The predicted octanol–water partition coefficient (Wildman–Crippen LogP) is 6.17. The number of ether oxygens (including phenoxy) is 2. The number of carbonyl (C=O) groups is 1. The quantitative estimate of drug-likeness (QED) is 0.429. The number of piperidine rings is 1. The summed E-state index contributed by atoms with van der Waals surface area (Å²) in [7, 11) is 2.13. The Balaban J connectivity index is 1.32. The fourth-order valence-corrected chi connectivity index (χ4v) is 5.28. The van der Waals surface area contributed by atoms with Gasteiger partial charge in [-0.3, -0.25) is 0 Å². The Labute approximate surface area is 215 Å². The lowest BCUT2D eigenvalue weighted by atomic mass is 9.72. The van der Waals surface area contributed by atoms with Crippen LogP contribution in [0.1, 0.15) is 18.4 Å². The molecule has 2 aliphatic heterocycles. The second-order valence-corrected chi connectivity index (χ2v) is 10.1. The van der Waals surface area contributed by atoms with Gasteiger partial charge >= 0.3 is 6.03 Å². The molecule has 2 heterocycles. The lowest BCUT2D eigenvalue weighted by molar-refractivity contribution is 0.174. The number of carbonyl (C=O) groups excluding carboxylic acids is 1. The average molecular weight is 512 g/mol. The van der Waals surface area contributed by atoms with E-state index in [1.165, 1.54) is 5.56 Å². The van der Waals surface area contributed by atoms with Crippen LogP contribution in [0.4, 0.5) is 10.5 Å². The fourth-order valence-electron chi connectivity index (χ4n) is 4.76. The summed E-state index contributed by atoms with van der Waals surface area (Å²) in [5.41, 5.74) is 3.82. The van der Waals surface area contributed by atoms with E-state index >= 15 is 0 Å². The van der Waals surface area contributed by atoms with Gasteiger partial charge in [-0.1, -0.05) is 53.5 Å². The van der Waals surface area contributed by atoms with Crippen LogP contribution in [-0.4, -0.2) is 44.4 Å². The second kappa shape index (κ2) is 9.97. The molecule has 0 aliphatic carbocycles. The molecule has 8 heteroatoms. The van der Waals surface area contributed by atoms with Crippen molar-refractivity contribution in [2.75, 3.05) is 38.8 Å². The Morgan fingerprint density at radius 2 is 1.57 bits per heavy atom. The van der Waals surface area contributed by atoms with Crippen LogP contribution in [0.2, 0.25) is 10.0 Å². The molecular weight excluding hydrogens is 485 g/mol. The number of anilines is 1. The lowest BCUT2D eigenvalue weighted by Crippen LogP contribution is -2.48. The maximum absolute atomic E-state index is 12.7. The maximum Gasteiger partial charge on any atom is 0.319 e. The number of urea groups is 1. The van der Waals surface area contributed by atoms with Gasteiger partial charge in [-0.2, -0.15) is 0 Å². The number of hydrogen-bond donors (Lipinski definition) is 2. The molecule has 0 aromatic heterocycles. The zero-order chi connectivity index (χ0) is 24.4. The molecule has 1 fully saturated rings. The fraction of sp³-hybridized carbons (Fsp3) is 0.296. The van der Waals surface area contributed by atoms with Crippen LogP contribution in [0.3, 0.4) is 0 Å². The van der Waals surface area contributed by atoms with Gasteiger partial charge in [-0.25, -0.2) is 4.79 Å². The van der Waals surface area contributed by atoms with E-state index < -0.39 is 0 Å². The van der Waals surface area contributed by atoms with Gasteiger partial charge in [0.15, 0.2) is 11.5 Å². The van der Waals surface area contributed by atoms with Gasteiger partial charge in [0.05, 0.1) is 0 Å². The second-order valence-electron chi connectivity index (χ2n) is 9.19. The Morgan fingerprint density at radius 1 is 0.914 bits per heavy atom. The molecule has 6 nitrogen and oxygen atoms in total. The van der Waals surface area contributed by atoms with Crippen molar-refractivity contribution < 1.29 is 14.3 Å². The van der Waals surface area contributed by atoms with Crippen molar-refractivity contribution in [2.24, 2.45) is 0 Å². The minimum absolute atomic E-state index is 0.150. The summed E-state index contributed by atoms with van der Waals surface area (Å²) in [6.45, 7) is 2.73. The van der Waals surface area contributed by atoms with Crippen molar-refractivity contribution in [3.8, 4) is 22.6 Å². The molecule has 0 spiro atoms. The summed E-state index contributed by atoms with van der Waals surface area (Å²) in [6.07, 6.45) is 1.91. The molecule has 1 saturated heterocycles. The zero-order valence-electron chi connectivity index (χ0n) is 19.4. The van der Waals surface area contributed by atoms with Crippen LogP contribution in [-0.2, 0) is 5.41 Å². The van der Waals surface area contributed by atoms with Crippen molar-refractivity contribution >= 4 is 34.9 Å². The predicted molar refractivity (Wildman–Crippen MR) is 140 cm³/mol. The highest BCUT2D eigenvalue weighted by molar-refractivity contribution is 6.35. The van der Waals surface area contributed by atoms with Crippen LogP contribution < -0.4 is 20.1 Å². The monoisotopic (exact) mass is 511 g/mol. The third kappa shape index (κ3) is 5.35. The van der Waals surface area contributed by atoms with Gasteiger partial charge < -0.3 is 25.0 Å².